The van der Waals surface area contributed by atoms with Crippen molar-refractivity contribution in [1.82, 2.24) is 0 Å². The van der Waals surface area contributed by atoms with Gasteiger partial charge in [0.25, 0.3) is 0 Å². The fourth-order valence-corrected chi connectivity index (χ4v) is 2.19. The predicted octanol–water partition coefficient (Wildman–Crippen LogP) is 4.19. The van der Waals surface area contributed by atoms with E-state index in [9.17, 15) is 9.59 Å². The van der Waals surface area contributed by atoms with Crippen molar-refractivity contribution in [2.45, 2.75) is 20.3 Å². The average molecular weight is 396 g/mol. The second-order valence-corrected chi connectivity index (χ2v) is 6.41. The van der Waals surface area contributed by atoms with Gasteiger partial charge in [-0.3, -0.25) is 0 Å². The number of hydrogen-bond donors (Lipinski definition) is 0. The third-order valence-electron chi connectivity index (χ3n) is 3.78. The van der Waals surface area contributed by atoms with Crippen molar-refractivity contribution in [3.8, 4) is 11.5 Å². The molecule has 0 aliphatic heterocycles. The van der Waals surface area contributed by atoms with Crippen LogP contribution in [0, 0.1) is 0 Å². The summed E-state index contributed by atoms with van der Waals surface area (Å²) >= 11 is 0. The van der Waals surface area contributed by atoms with Crippen molar-refractivity contribution in [3.63, 3.8) is 0 Å². The van der Waals surface area contributed by atoms with Crippen LogP contribution in [0.1, 0.15) is 25.0 Å². The van der Waals surface area contributed by atoms with E-state index in [1.54, 1.807) is 13.8 Å². The topological polar surface area (TPSA) is 71.1 Å². The minimum Gasteiger partial charge on any atom is -0.457 e. The molecular weight excluding hydrogens is 372 g/mol. The molecule has 2 aromatic rings. The molecule has 0 fully saturated rings. The van der Waals surface area contributed by atoms with Gasteiger partial charge in [0.1, 0.15) is 11.5 Å². The lowest BCUT2D eigenvalue weighted by Crippen LogP contribution is -2.10. The predicted molar refractivity (Wildman–Crippen MR) is 108 cm³/mol. The fraction of sp³-hybridized carbons (Fsp3) is 0.217. The van der Waals surface area contributed by atoms with Crippen LogP contribution in [0.3, 0.4) is 0 Å². The lowest BCUT2D eigenvalue weighted by atomic mass is 10.0. The molecule has 0 spiro atoms. The van der Waals surface area contributed by atoms with Crippen molar-refractivity contribution < 1.29 is 28.5 Å². The first kappa shape index (κ1) is 21.8. The van der Waals surface area contributed by atoms with Gasteiger partial charge in [-0.05, 0) is 55.7 Å². The summed E-state index contributed by atoms with van der Waals surface area (Å²) in [4.78, 5) is 22.6. The van der Waals surface area contributed by atoms with E-state index in [4.69, 9.17) is 18.9 Å². The van der Waals surface area contributed by atoms with E-state index in [2.05, 4.69) is 13.2 Å². The Kier molecular flexibility index (Phi) is 8.03. The van der Waals surface area contributed by atoms with E-state index in [-0.39, 0.29) is 13.6 Å². The van der Waals surface area contributed by atoms with Crippen LogP contribution in [-0.2, 0) is 25.5 Å². The summed E-state index contributed by atoms with van der Waals surface area (Å²) in [7, 11) is 0. The smallest absolute Gasteiger partial charge is 0.335 e. The molecule has 29 heavy (non-hydrogen) atoms. The van der Waals surface area contributed by atoms with Crippen molar-refractivity contribution in [1.29, 1.82) is 0 Å². The van der Waals surface area contributed by atoms with Gasteiger partial charge in [0, 0.05) is 11.1 Å². The maximum absolute atomic E-state index is 11.3. The Morgan fingerprint density at radius 3 is 1.34 bits per heavy atom. The summed E-state index contributed by atoms with van der Waals surface area (Å²) in [5.41, 5.74) is 2.85. The summed E-state index contributed by atoms with van der Waals surface area (Å²) in [5.74, 6) is 0.249. The van der Waals surface area contributed by atoms with Crippen molar-refractivity contribution in [3.05, 3.63) is 84.0 Å². The van der Waals surface area contributed by atoms with Crippen LogP contribution >= 0.6 is 0 Å². The highest BCUT2D eigenvalue weighted by Gasteiger charge is 2.05. The molecule has 0 atom stereocenters. The summed E-state index contributed by atoms with van der Waals surface area (Å²) < 4.78 is 20.5. The monoisotopic (exact) mass is 396 g/mol. The first-order valence-corrected chi connectivity index (χ1v) is 8.94. The van der Waals surface area contributed by atoms with Crippen molar-refractivity contribution >= 4 is 11.9 Å². The van der Waals surface area contributed by atoms with Gasteiger partial charge < -0.3 is 18.9 Å². The third kappa shape index (κ3) is 7.54. The van der Waals surface area contributed by atoms with Gasteiger partial charge in [-0.1, -0.05) is 37.4 Å². The van der Waals surface area contributed by atoms with E-state index in [1.807, 2.05) is 48.5 Å². The zero-order valence-corrected chi connectivity index (χ0v) is 16.6. The Labute approximate surface area is 170 Å². The van der Waals surface area contributed by atoms with Crippen LogP contribution in [-0.4, -0.2) is 25.5 Å². The Bertz CT molecular complexity index is 792. The van der Waals surface area contributed by atoms with Crippen LogP contribution in [0.5, 0.6) is 11.5 Å². The SMILES string of the molecule is C=C(C)C(=O)OCOc1ccc(Cc2ccc(OCOC(=O)C(=C)C)cc2)cc1. The number of carbonyl (C=O) groups is 2. The molecule has 152 valence electrons. The minimum absolute atomic E-state index is 0.159. The molecule has 0 radical (unpaired) electrons. The summed E-state index contributed by atoms with van der Waals surface area (Å²) in [6.07, 6.45) is 0.732. The van der Waals surface area contributed by atoms with E-state index in [1.165, 1.54) is 0 Å². The van der Waals surface area contributed by atoms with Crippen molar-refractivity contribution in [2.75, 3.05) is 13.6 Å². The van der Waals surface area contributed by atoms with Gasteiger partial charge in [0.05, 0.1) is 0 Å². The zero-order valence-electron chi connectivity index (χ0n) is 16.6. The molecule has 6 nitrogen and oxygen atoms in total. The lowest BCUT2D eigenvalue weighted by molar-refractivity contribution is -0.146. The summed E-state index contributed by atoms with van der Waals surface area (Å²) in [6.45, 7) is 9.85. The van der Waals surface area contributed by atoms with Gasteiger partial charge in [-0.2, -0.15) is 0 Å². The molecule has 6 heteroatoms. The number of rotatable bonds is 10. The van der Waals surface area contributed by atoms with Crippen LogP contribution in [0.25, 0.3) is 0 Å². The van der Waals surface area contributed by atoms with Crippen LogP contribution in [0.2, 0.25) is 0 Å². The molecular formula is C23H24O6. The molecule has 0 bridgehead atoms. The maximum Gasteiger partial charge on any atom is 0.335 e. The van der Waals surface area contributed by atoms with Crippen molar-refractivity contribution in [2.24, 2.45) is 0 Å². The third-order valence-corrected chi connectivity index (χ3v) is 3.78. The van der Waals surface area contributed by atoms with Crippen LogP contribution in [0.4, 0.5) is 0 Å². The van der Waals surface area contributed by atoms with Gasteiger partial charge in [0.15, 0.2) is 0 Å². The van der Waals surface area contributed by atoms with Gasteiger partial charge in [0.2, 0.25) is 13.6 Å². The molecule has 0 aliphatic carbocycles. The molecule has 0 aromatic heterocycles. The molecule has 0 unspecified atom stereocenters. The van der Waals surface area contributed by atoms with Gasteiger partial charge >= 0.3 is 11.9 Å². The molecule has 0 N–H and O–H groups in total. The average Bonchev–Trinajstić information content (AvgIpc) is 2.70. The second-order valence-electron chi connectivity index (χ2n) is 6.41. The summed E-state index contributed by atoms with van der Waals surface area (Å²) in [5, 5.41) is 0. The number of carbonyl (C=O) groups excluding carboxylic acids is 2. The standard InChI is InChI=1S/C23H24O6/c1-16(2)22(24)28-14-26-20-9-5-18(6-10-20)13-19-7-11-21(12-8-19)27-15-29-23(25)17(3)4/h5-12H,1,3,13-15H2,2,4H3. The van der Waals surface area contributed by atoms with E-state index in [0.29, 0.717) is 22.6 Å². The highest BCUT2D eigenvalue weighted by molar-refractivity contribution is 5.87. The van der Waals surface area contributed by atoms with E-state index < -0.39 is 11.9 Å². The van der Waals surface area contributed by atoms with E-state index in [0.717, 1.165) is 17.5 Å². The quantitative estimate of drug-likeness (QED) is 0.341. The molecule has 2 aromatic carbocycles. The molecule has 0 heterocycles. The Hall–Kier alpha value is -3.54. The van der Waals surface area contributed by atoms with E-state index >= 15 is 0 Å². The van der Waals surface area contributed by atoms with Crippen LogP contribution in [0.15, 0.2) is 72.8 Å². The minimum atomic E-state index is -0.483. The zero-order chi connectivity index (χ0) is 21.2. The molecule has 0 saturated heterocycles. The molecule has 2 rings (SSSR count). The molecule has 0 saturated carbocycles. The van der Waals surface area contributed by atoms with Gasteiger partial charge in [-0.25, -0.2) is 9.59 Å². The number of benzene rings is 2. The Morgan fingerprint density at radius 2 is 1.03 bits per heavy atom. The highest BCUT2D eigenvalue weighted by Crippen LogP contribution is 2.18. The Balaban J connectivity index is 1.79. The van der Waals surface area contributed by atoms with Gasteiger partial charge in [-0.15, -0.1) is 0 Å². The number of ether oxygens (including phenoxy) is 4. The summed E-state index contributed by atoms with van der Waals surface area (Å²) in [6, 6.07) is 15.0. The molecule has 0 aliphatic rings. The first-order chi connectivity index (χ1) is 13.8. The number of esters is 2. The van der Waals surface area contributed by atoms with Crippen LogP contribution < -0.4 is 9.47 Å². The fourth-order valence-electron chi connectivity index (χ4n) is 2.19. The first-order valence-electron chi connectivity index (χ1n) is 8.94. The number of hydrogen-bond acceptors (Lipinski definition) is 6. The highest BCUT2D eigenvalue weighted by atomic mass is 16.7. The Morgan fingerprint density at radius 1 is 0.690 bits per heavy atom. The lowest BCUT2D eigenvalue weighted by Gasteiger charge is -2.09. The normalized spacial score (nSPS) is 10.0. The largest absolute Gasteiger partial charge is 0.457 e. The second kappa shape index (κ2) is 10.7. The molecule has 0 amide bonds. The maximum atomic E-state index is 11.3.